The van der Waals surface area contributed by atoms with Gasteiger partial charge in [-0.05, 0) is 55.8 Å². The highest BCUT2D eigenvalue weighted by Gasteiger charge is 2.28. The lowest BCUT2D eigenvalue weighted by atomic mass is 10.1. The molecule has 0 bridgehead atoms. The molecule has 30 heavy (non-hydrogen) atoms. The van der Waals surface area contributed by atoms with E-state index in [1.165, 1.54) is 29.7 Å². The molecule has 0 radical (unpaired) electrons. The number of halogens is 1. The van der Waals surface area contributed by atoms with E-state index in [4.69, 9.17) is 4.52 Å². The smallest absolute Gasteiger partial charge is 0.263 e. The zero-order valence-corrected chi connectivity index (χ0v) is 16.9. The summed E-state index contributed by atoms with van der Waals surface area (Å²) >= 11 is 0. The van der Waals surface area contributed by atoms with E-state index >= 15 is 0 Å². The molecule has 1 atom stereocenters. The van der Waals surface area contributed by atoms with Crippen molar-refractivity contribution in [2.24, 2.45) is 0 Å². The van der Waals surface area contributed by atoms with Crippen molar-refractivity contribution in [3.63, 3.8) is 0 Å². The molecule has 0 amide bonds. The first-order valence-corrected chi connectivity index (χ1v) is 10.0. The van der Waals surface area contributed by atoms with Crippen LogP contribution in [0.25, 0.3) is 22.4 Å². The molecule has 7 heteroatoms. The van der Waals surface area contributed by atoms with Gasteiger partial charge in [0.15, 0.2) is 0 Å². The van der Waals surface area contributed by atoms with Crippen molar-refractivity contribution in [3.8, 4) is 11.3 Å². The minimum atomic E-state index is -0.288. The van der Waals surface area contributed by atoms with Gasteiger partial charge in [-0.1, -0.05) is 17.3 Å². The molecule has 0 aliphatic carbocycles. The van der Waals surface area contributed by atoms with E-state index in [1.54, 1.807) is 12.1 Å². The fourth-order valence-corrected chi connectivity index (χ4v) is 4.16. The summed E-state index contributed by atoms with van der Waals surface area (Å²) in [4.78, 5) is 13.5. The van der Waals surface area contributed by atoms with Gasteiger partial charge in [0, 0.05) is 36.9 Å². The number of hydrogen-bond acceptors (Lipinski definition) is 6. The molecular formula is C23H22FN5O. The van der Waals surface area contributed by atoms with Gasteiger partial charge in [0.2, 0.25) is 0 Å². The van der Waals surface area contributed by atoms with Crippen molar-refractivity contribution in [1.29, 1.82) is 0 Å². The Morgan fingerprint density at radius 3 is 2.67 bits per heavy atom. The standard InChI is InChI=1S/C23H22FN5O/c1-15-4-3-5-19(12-15)29-11-10-28(13-16(29)2)22-20-21(17-6-8-18(24)9-7-17)27-30-23(20)26-14-25-22/h3-9,12,14,16H,10-11,13H2,1-2H3/t16-/m0/s1. The molecule has 1 fully saturated rings. The van der Waals surface area contributed by atoms with Crippen LogP contribution < -0.4 is 9.80 Å². The summed E-state index contributed by atoms with van der Waals surface area (Å²) < 4.78 is 18.8. The Balaban J connectivity index is 1.48. The van der Waals surface area contributed by atoms with Crippen molar-refractivity contribution in [2.75, 3.05) is 29.4 Å². The van der Waals surface area contributed by atoms with Crippen molar-refractivity contribution in [2.45, 2.75) is 19.9 Å². The zero-order chi connectivity index (χ0) is 20.7. The van der Waals surface area contributed by atoms with E-state index in [2.05, 4.69) is 63.0 Å². The predicted molar refractivity (Wildman–Crippen MR) is 115 cm³/mol. The minimum absolute atomic E-state index is 0.288. The third-order valence-corrected chi connectivity index (χ3v) is 5.63. The molecule has 2 aromatic heterocycles. The van der Waals surface area contributed by atoms with Crippen LogP contribution in [-0.2, 0) is 0 Å². The fourth-order valence-electron chi connectivity index (χ4n) is 4.16. The van der Waals surface area contributed by atoms with Gasteiger partial charge in [-0.3, -0.25) is 0 Å². The average molecular weight is 403 g/mol. The minimum Gasteiger partial charge on any atom is -0.365 e. The van der Waals surface area contributed by atoms with Gasteiger partial charge >= 0.3 is 0 Å². The summed E-state index contributed by atoms with van der Waals surface area (Å²) in [5.74, 6) is 0.514. The molecule has 152 valence electrons. The molecule has 0 unspecified atom stereocenters. The summed E-state index contributed by atoms with van der Waals surface area (Å²) in [6.45, 7) is 6.85. The van der Waals surface area contributed by atoms with Gasteiger partial charge in [-0.15, -0.1) is 0 Å². The highest BCUT2D eigenvalue weighted by atomic mass is 19.1. The molecular weight excluding hydrogens is 381 g/mol. The lowest BCUT2D eigenvalue weighted by molar-refractivity contribution is 0.451. The number of benzene rings is 2. The molecule has 1 saturated heterocycles. The van der Waals surface area contributed by atoms with Crippen molar-refractivity contribution in [1.82, 2.24) is 15.1 Å². The van der Waals surface area contributed by atoms with Crippen LogP contribution in [0.3, 0.4) is 0 Å². The third kappa shape index (κ3) is 3.26. The Morgan fingerprint density at radius 2 is 1.90 bits per heavy atom. The quantitative estimate of drug-likeness (QED) is 0.504. The molecule has 0 N–H and O–H groups in total. The zero-order valence-electron chi connectivity index (χ0n) is 16.9. The first-order valence-electron chi connectivity index (χ1n) is 10.0. The van der Waals surface area contributed by atoms with Crippen LogP contribution in [0.1, 0.15) is 12.5 Å². The Hall–Kier alpha value is -3.48. The summed E-state index contributed by atoms with van der Waals surface area (Å²) in [5, 5.41) is 4.97. The Kier molecular flexibility index (Phi) is 4.58. The van der Waals surface area contributed by atoms with Crippen LogP contribution in [0.15, 0.2) is 59.4 Å². The first kappa shape index (κ1) is 18.5. The van der Waals surface area contributed by atoms with Crippen LogP contribution in [0.5, 0.6) is 0 Å². The Morgan fingerprint density at radius 1 is 1.07 bits per heavy atom. The van der Waals surface area contributed by atoms with Crippen molar-refractivity contribution < 1.29 is 8.91 Å². The van der Waals surface area contributed by atoms with Crippen LogP contribution >= 0.6 is 0 Å². The lowest BCUT2D eigenvalue weighted by Gasteiger charge is -2.42. The second-order valence-electron chi connectivity index (χ2n) is 7.74. The summed E-state index contributed by atoms with van der Waals surface area (Å²) in [6.07, 6.45) is 1.51. The van der Waals surface area contributed by atoms with E-state index in [9.17, 15) is 4.39 Å². The predicted octanol–water partition coefficient (Wildman–Crippen LogP) is 4.45. The normalized spacial score (nSPS) is 17.0. The number of nitrogens with zero attached hydrogens (tertiary/aromatic N) is 5. The highest BCUT2D eigenvalue weighted by Crippen LogP contribution is 2.34. The molecule has 4 aromatic rings. The van der Waals surface area contributed by atoms with Gasteiger partial charge in [0.25, 0.3) is 5.71 Å². The summed E-state index contributed by atoms with van der Waals surface area (Å²) in [7, 11) is 0. The molecule has 0 spiro atoms. The topological polar surface area (TPSA) is 58.3 Å². The third-order valence-electron chi connectivity index (χ3n) is 5.63. The fraction of sp³-hybridized carbons (Fsp3) is 0.261. The van der Waals surface area contributed by atoms with Gasteiger partial charge in [-0.2, -0.15) is 4.98 Å². The number of aryl methyl sites for hydroxylation is 1. The number of piperazine rings is 1. The van der Waals surface area contributed by atoms with E-state index in [0.717, 1.165) is 36.4 Å². The van der Waals surface area contributed by atoms with Crippen LogP contribution in [-0.4, -0.2) is 40.8 Å². The average Bonchev–Trinajstić information content (AvgIpc) is 3.18. The van der Waals surface area contributed by atoms with Crippen molar-refractivity contribution >= 4 is 22.6 Å². The maximum Gasteiger partial charge on any atom is 0.263 e. The number of anilines is 2. The molecule has 3 heterocycles. The van der Waals surface area contributed by atoms with E-state index < -0.39 is 0 Å². The summed E-state index contributed by atoms with van der Waals surface area (Å²) in [6, 6.07) is 15.1. The van der Waals surface area contributed by atoms with Crippen LogP contribution in [0.2, 0.25) is 0 Å². The molecule has 6 nitrogen and oxygen atoms in total. The maximum absolute atomic E-state index is 13.4. The number of rotatable bonds is 3. The SMILES string of the molecule is Cc1cccc(N2CCN(c3ncnc4onc(-c5ccc(F)cc5)c34)C[C@@H]2C)c1. The van der Waals surface area contributed by atoms with Crippen LogP contribution in [0, 0.1) is 12.7 Å². The van der Waals surface area contributed by atoms with E-state index in [0.29, 0.717) is 17.4 Å². The molecule has 1 aliphatic heterocycles. The van der Waals surface area contributed by atoms with Crippen LogP contribution in [0.4, 0.5) is 15.9 Å². The monoisotopic (exact) mass is 403 g/mol. The van der Waals surface area contributed by atoms with Crippen molar-refractivity contribution in [3.05, 3.63) is 66.2 Å². The molecule has 5 rings (SSSR count). The molecule has 2 aromatic carbocycles. The second kappa shape index (κ2) is 7.40. The molecule has 1 aliphatic rings. The maximum atomic E-state index is 13.4. The molecule has 0 saturated carbocycles. The number of aromatic nitrogens is 3. The summed E-state index contributed by atoms with van der Waals surface area (Å²) in [5.41, 5.74) is 4.35. The van der Waals surface area contributed by atoms with Gasteiger partial charge in [0.05, 0.1) is 0 Å². The largest absolute Gasteiger partial charge is 0.365 e. The number of hydrogen-bond donors (Lipinski definition) is 0. The Bertz CT molecular complexity index is 1190. The number of fused-ring (bicyclic) bond motifs is 1. The first-order chi connectivity index (χ1) is 14.6. The lowest BCUT2D eigenvalue weighted by Crippen LogP contribution is -2.52. The highest BCUT2D eigenvalue weighted by molar-refractivity contribution is 5.98. The van der Waals surface area contributed by atoms with E-state index in [1.807, 2.05) is 0 Å². The van der Waals surface area contributed by atoms with E-state index in [-0.39, 0.29) is 5.82 Å². The van der Waals surface area contributed by atoms with Gasteiger partial charge < -0.3 is 14.3 Å². The van der Waals surface area contributed by atoms with Gasteiger partial charge in [-0.25, -0.2) is 9.37 Å². The van der Waals surface area contributed by atoms with Gasteiger partial charge in [0.1, 0.15) is 29.0 Å². The second-order valence-corrected chi connectivity index (χ2v) is 7.74. The Labute approximate surface area is 174 Å².